The fraction of sp³-hybridized carbons (Fsp3) is 0.188. The molecule has 1 aromatic carbocycles. The van der Waals surface area contributed by atoms with Crippen LogP contribution in [-0.2, 0) is 6.54 Å². The fourth-order valence-electron chi connectivity index (χ4n) is 1.84. The van der Waals surface area contributed by atoms with Crippen LogP contribution in [-0.4, -0.2) is 29.6 Å². The summed E-state index contributed by atoms with van der Waals surface area (Å²) in [5.74, 6) is 5.49. The summed E-state index contributed by atoms with van der Waals surface area (Å²) in [5, 5.41) is 12.4. The summed E-state index contributed by atoms with van der Waals surface area (Å²) in [6.07, 6.45) is 0. The summed E-state index contributed by atoms with van der Waals surface area (Å²) in [5.41, 5.74) is 2.57. The number of rotatable bonds is 3. The molecule has 20 heavy (non-hydrogen) atoms. The summed E-state index contributed by atoms with van der Waals surface area (Å²) >= 11 is 1.51. The summed E-state index contributed by atoms with van der Waals surface area (Å²) in [7, 11) is 1.78. The Morgan fingerprint density at radius 3 is 2.95 bits per heavy atom. The molecule has 1 amide bonds. The normalized spacial score (nSPS) is 9.70. The van der Waals surface area contributed by atoms with Crippen molar-refractivity contribution < 1.29 is 9.90 Å². The van der Waals surface area contributed by atoms with Gasteiger partial charge in [0, 0.05) is 24.5 Å². The van der Waals surface area contributed by atoms with E-state index < -0.39 is 0 Å². The molecular formula is C16H15NO2S. The van der Waals surface area contributed by atoms with Gasteiger partial charge in [0.1, 0.15) is 6.61 Å². The van der Waals surface area contributed by atoms with Crippen LogP contribution in [0.5, 0.6) is 0 Å². The molecule has 2 aromatic rings. The van der Waals surface area contributed by atoms with Crippen LogP contribution < -0.4 is 0 Å². The van der Waals surface area contributed by atoms with Crippen LogP contribution in [0, 0.1) is 11.8 Å². The number of thiophene rings is 1. The molecule has 0 saturated heterocycles. The molecule has 0 aliphatic carbocycles. The summed E-state index contributed by atoms with van der Waals surface area (Å²) < 4.78 is 0. The van der Waals surface area contributed by atoms with Crippen LogP contribution in [0.2, 0.25) is 0 Å². The van der Waals surface area contributed by atoms with Crippen molar-refractivity contribution >= 4 is 17.2 Å². The van der Waals surface area contributed by atoms with Crippen molar-refractivity contribution in [3.05, 3.63) is 57.8 Å². The van der Waals surface area contributed by atoms with Crippen LogP contribution in [0.3, 0.4) is 0 Å². The molecule has 0 saturated carbocycles. The molecule has 0 aliphatic rings. The molecule has 0 radical (unpaired) electrons. The van der Waals surface area contributed by atoms with Crippen molar-refractivity contribution in [3.8, 4) is 11.8 Å². The molecule has 1 aromatic heterocycles. The zero-order chi connectivity index (χ0) is 14.4. The zero-order valence-corrected chi connectivity index (χ0v) is 12.0. The first-order valence-electron chi connectivity index (χ1n) is 6.17. The molecule has 102 valence electrons. The molecule has 0 aliphatic heterocycles. The van der Waals surface area contributed by atoms with Crippen LogP contribution in [0.25, 0.3) is 0 Å². The topological polar surface area (TPSA) is 40.5 Å². The van der Waals surface area contributed by atoms with E-state index in [1.54, 1.807) is 11.9 Å². The van der Waals surface area contributed by atoms with Crippen LogP contribution in [0.1, 0.15) is 21.5 Å². The maximum Gasteiger partial charge on any atom is 0.254 e. The average Bonchev–Trinajstić information content (AvgIpc) is 2.98. The minimum atomic E-state index is -0.152. The monoisotopic (exact) mass is 285 g/mol. The van der Waals surface area contributed by atoms with Gasteiger partial charge in [-0.3, -0.25) is 4.79 Å². The second-order valence-corrected chi connectivity index (χ2v) is 5.11. The lowest BCUT2D eigenvalue weighted by Gasteiger charge is -2.16. The van der Waals surface area contributed by atoms with Gasteiger partial charge in [0.05, 0.1) is 5.56 Å². The van der Waals surface area contributed by atoms with Crippen LogP contribution in [0.15, 0.2) is 41.1 Å². The Morgan fingerprint density at radius 1 is 1.40 bits per heavy atom. The van der Waals surface area contributed by atoms with E-state index in [9.17, 15) is 4.79 Å². The van der Waals surface area contributed by atoms with Gasteiger partial charge >= 0.3 is 0 Å². The van der Waals surface area contributed by atoms with Crippen molar-refractivity contribution in [2.45, 2.75) is 6.54 Å². The number of aliphatic hydroxyl groups excluding tert-OH is 1. The Balaban J connectivity index is 2.08. The molecule has 0 atom stereocenters. The maximum absolute atomic E-state index is 12.1. The summed E-state index contributed by atoms with van der Waals surface area (Å²) in [4.78, 5) is 13.8. The number of aliphatic hydroxyl groups is 1. The van der Waals surface area contributed by atoms with Gasteiger partial charge in [-0.05, 0) is 29.1 Å². The van der Waals surface area contributed by atoms with E-state index in [0.717, 1.165) is 11.1 Å². The Bertz CT molecular complexity index is 638. The SMILES string of the molecule is CN(Cc1cccc(C#CCO)c1)C(=O)c1ccsc1. The smallest absolute Gasteiger partial charge is 0.254 e. The third-order valence-corrected chi connectivity index (χ3v) is 3.46. The fourth-order valence-corrected chi connectivity index (χ4v) is 2.47. The van der Waals surface area contributed by atoms with Gasteiger partial charge in [-0.1, -0.05) is 24.0 Å². The van der Waals surface area contributed by atoms with Crippen LogP contribution >= 0.6 is 11.3 Å². The van der Waals surface area contributed by atoms with Crippen molar-refractivity contribution in [3.63, 3.8) is 0 Å². The molecule has 3 nitrogen and oxygen atoms in total. The van der Waals surface area contributed by atoms with Crippen molar-refractivity contribution in [2.24, 2.45) is 0 Å². The lowest BCUT2D eigenvalue weighted by Crippen LogP contribution is -2.25. The molecule has 1 heterocycles. The summed E-state index contributed by atoms with van der Waals surface area (Å²) in [6, 6.07) is 9.50. The van der Waals surface area contributed by atoms with E-state index in [-0.39, 0.29) is 12.5 Å². The Hall–Kier alpha value is -2.09. The number of benzene rings is 1. The maximum atomic E-state index is 12.1. The third kappa shape index (κ3) is 3.70. The number of amides is 1. The lowest BCUT2D eigenvalue weighted by molar-refractivity contribution is 0.0785. The highest BCUT2D eigenvalue weighted by Gasteiger charge is 2.12. The van der Waals surface area contributed by atoms with E-state index in [0.29, 0.717) is 12.1 Å². The standard InChI is InChI=1S/C16H15NO2S/c1-17(16(19)15-7-9-20-12-15)11-14-5-2-4-13(10-14)6-3-8-18/h2,4-5,7,9-10,12,18H,8,11H2,1H3. The van der Waals surface area contributed by atoms with Gasteiger partial charge in [0.25, 0.3) is 5.91 Å². The first-order chi connectivity index (χ1) is 9.70. The summed E-state index contributed by atoms with van der Waals surface area (Å²) in [6.45, 7) is 0.379. The number of carbonyl (C=O) groups is 1. The highest BCUT2D eigenvalue weighted by atomic mass is 32.1. The number of hydrogen-bond acceptors (Lipinski definition) is 3. The Kier molecular flexibility index (Phi) is 4.94. The lowest BCUT2D eigenvalue weighted by atomic mass is 10.1. The van der Waals surface area contributed by atoms with Crippen molar-refractivity contribution in [2.75, 3.05) is 13.7 Å². The molecule has 2 rings (SSSR count). The Labute approximate surface area is 122 Å². The van der Waals surface area contributed by atoms with Crippen molar-refractivity contribution in [1.82, 2.24) is 4.90 Å². The average molecular weight is 285 g/mol. The molecule has 0 spiro atoms. The number of carbonyl (C=O) groups excluding carboxylic acids is 1. The second-order valence-electron chi connectivity index (χ2n) is 4.33. The molecule has 4 heteroatoms. The number of hydrogen-bond donors (Lipinski definition) is 1. The number of nitrogens with zero attached hydrogens (tertiary/aromatic N) is 1. The van der Waals surface area contributed by atoms with Crippen molar-refractivity contribution in [1.29, 1.82) is 0 Å². The predicted octanol–water partition coefficient (Wildman–Crippen LogP) is 2.36. The molecule has 0 bridgehead atoms. The first-order valence-corrected chi connectivity index (χ1v) is 7.11. The van der Waals surface area contributed by atoms with Gasteiger partial charge in [0.15, 0.2) is 0 Å². The van der Waals surface area contributed by atoms with Gasteiger partial charge in [-0.2, -0.15) is 11.3 Å². The largest absolute Gasteiger partial charge is 0.384 e. The molecule has 0 unspecified atom stereocenters. The zero-order valence-electron chi connectivity index (χ0n) is 11.2. The van der Waals surface area contributed by atoms with Crippen LogP contribution in [0.4, 0.5) is 0 Å². The van der Waals surface area contributed by atoms with E-state index in [1.807, 2.05) is 41.1 Å². The van der Waals surface area contributed by atoms with Gasteiger partial charge < -0.3 is 10.0 Å². The molecule has 1 N–H and O–H groups in total. The second kappa shape index (κ2) is 6.90. The molecule has 0 fully saturated rings. The van der Waals surface area contributed by atoms with Gasteiger partial charge in [0.2, 0.25) is 0 Å². The van der Waals surface area contributed by atoms with E-state index in [1.165, 1.54) is 11.3 Å². The highest BCUT2D eigenvalue weighted by molar-refractivity contribution is 7.08. The predicted molar refractivity (Wildman–Crippen MR) is 80.5 cm³/mol. The van der Waals surface area contributed by atoms with E-state index in [2.05, 4.69) is 11.8 Å². The Morgan fingerprint density at radius 2 is 2.25 bits per heavy atom. The molecular weight excluding hydrogens is 270 g/mol. The van der Waals surface area contributed by atoms with E-state index >= 15 is 0 Å². The van der Waals surface area contributed by atoms with E-state index in [4.69, 9.17) is 5.11 Å². The van der Waals surface area contributed by atoms with Gasteiger partial charge in [-0.15, -0.1) is 0 Å². The minimum Gasteiger partial charge on any atom is -0.384 e. The third-order valence-electron chi connectivity index (χ3n) is 2.77. The minimum absolute atomic E-state index is 0.0121. The van der Waals surface area contributed by atoms with Gasteiger partial charge in [-0.25, -0.2) is 0 Å². The highest BCUT2D eigenvalue weighted by Crippen LogP contribution is 2.12. The first kappa shape index (κ1) is 14.3. The quantitative estimate of drug-likeness (QED) is 0.880.